The van der Waals surface area contributed by atoms with Gasteiger partial charge in [-0.2, -0.15) is 0 Å². The standard InChI is InChI=1S/C22H19ClN2OS/c1-14-24-20-10-4-16(15-5-11-22(26-2)19(23)12-15)13-21(20)25(14)17-6-8-18(27-3)9-7-17/h4-13H,1-3H3. The van der Waals surface area contributed by atoms with Gasteiger partial charge in [0.05, 0.1) is 23.2 Å². The molecule has 0 unspecified atom stereocenters. The molecule has 4 rings (SSSR count). The Morgan fingerprint density at radius 3 is 2.33 bits per heavy atom. The lowest BCUT2D eigenvalue weighted by atomic mass is 10.0. The molecule has 0 bridgehead atoms. The number of methoxy groups -OCH3 is 1. The molecule has 0 radical (unpaired) electrons. The highest BCUT2D eigenvalue weighted by atomic mass is 35.5. The van der Waals surface area contributed by atoms with E-state index < -0.39 is 0 Å². The Kier molecular flexibility index (Phi) is 4.85. The molecule has 0 saturated heterocycles. The van der Waals surface area contributed by atoms with E-state index in [4.69, 9.17) is 21.3 Å². The monoisotopic (exact) mass is 394 g/mol. The maximum atomic E-state index is 6.31. The summed E-state index contributed by atoms with van der Waals surface area (Å²) >= 11 is 8.05. The Labute approximate surface area is 168 Å². The minimum Gasteiger partial charge on any atom is -0.495 e. The summed E-state index contributed by atoms with van der Waals surface area (Å²) in [6.07, 6.45) is 2.08. The molecular weight excluding hydrogens is 376 g/mol. The van der Waals surface area contributed by atoms with E-state index in [1.807, 2.05) is 25.1 Å². The second kappa shape index (κ2) is 7.29. The van der Waals surface area contributed by atoms with E-state index in [1.165, 1.54) is 4.90 Å². The van der Waals surface area contributed by atoms with Crippen LogP contribution in [-0.2, 0) is 0 Å². The van der Waals surface area contributed by atoms with Gasteiger partial charge in [-0.3, -0.25) is 4.57 Å². The van der Waals surface area contributed by atoms with Crippen LogP contribution in [0.2, 0.25) is 5.02 Å². The molecule has 0 spiro atoms. The van der Waals surface area contributed by atoms with Gasteiger partial charge < -0.3 is 4.74 Å². The SMILES string of the molecule is COc1ccc(-c2ccc3nc(C)n(-c4ccc(SC)cc4)c3c2)cc1Cl. The number of fused-ring (bicyclic) bond motifs is 1. The predicted octanol–water partition coefficient (Wildman–Crippen LogP) is 6.38. The van der Waals surface area contributed by atoms with Crippen molar-refractivity contribution < 1.29 is 4.74 Å². The topological polar surface area (TPSA) is 27.1 Å². The third kappa shape index (κ3) is 3.31. The van der Waals surface area contributed by atoms with Gasteiger partial charge in [0.25, 0.3) is 0 Å². The zero-order valence-corrected chi connectivity index (χ0v) is 16.9. The quantitative estimate of drug-likeness (QED) is 0.375. The third-order valence-electron chi connectivity index (χ3n) is 4.64. The number of rotatable bonds is 4. The molecule has 27 heavy (non-hydrogen) atoms. The van der Waals surface area contributed by atoms with Gasteiger partial charge in [-0.1, -0.05) is 23.7 Å². The highest BCUT2D eigenvalue weighted by molar-refractivity contribution is 7.98. The maximum absolute atomic E-state index is 6.31. The Bertz CT molecular complexity index is 1120. The Balaban J connectivity index is 1.85. The van der Waals surface area contributed by atoms with Gasteiger partial charge in [0.1, 0.15) is 11.6 Å². The molecule has 0 amide bonds. The van der Waals surface area contributed by atoms with Gasteiger partial charge in [-0.15, -0.1) is 11.8 Å². The maximum Gasteiger partial charge on any atom is 0.137 e. The first-order valence-electron chi connectivity index (χ1n) is 8.58. The van der Waals surface area contributed by atoms with Crippen LogP contribution in [0.1, 0.15) is 5.82 Å². The van der Waals surface area contributed by atoms with Crippen molar-refractivity contribution in [3.63, 3.8) is 0 Å². The van der Waals surface area contributed by atoms with Crippen LogP contribution >= 0.6 is 23.4 Å². The number of imidazole rings is 1. The number of hydrogen-bond donors (Lipinski definition) is 0. The molecule has 136 valence electrons. The fourth-order valence-electron chi connectivity index (χ4n) is 3.28. The number of thioether (sulfide) groups is 1. The molecule has 0 fully saturated rings. The molecule has 0 aliphatic rings. The van der Waals surface area contributed by atoms with Crippen molar-refractivity contribution in [2.24, 2.45) is 0 Å². The number of benzene rings is 3. The lowest BCUT2D eigenvalue weighted by Crippen LogP contribution is -1.96. The van der Waals surface area contributed by atoms with Crippen molar-refractivity contribution >= 4 is 34.4 Å². The summed E-state index contributed by atoms with van der Waals surface area (Å²) < 4.78 is 7.45. The highest BCUT2D eigenvalue weighted by Gasteiger charge is 2.12. The molecule has 5 heteroatoms. The van der Waals surface area contributed by atoms with Crippen molar-refractivity contribution in [3.8, 4) is 22.6 Å². The summed E-state index contributed by atoms with van der Waals surface area (Å²) in [7, 11) is 1.62. The van der Waals surface area contributed by atoms with Gasteiger partial charge in [-0.25, -0.2) is 4.98 Å². The first kappa shape index (κ1) is 18.0. The number of aryl methyl sites for hydroxylation is 1. The molecule has 0 saturated carbocycles. The number of ether oxygens (including phenoxy) is 1. The first-order valence-corrected chi connectivity index (χ1v) is 10.2. The summed E-state index contributed by atoms with van der Waals surface area (Å²) in [6, 6.07) is 20.7. The number of nitrogens with zero attached hydrogens (tertiary/aromatic N) is 2. The second-order valence-corrected chi connectivity index (χ2v) is 7.53. The third-order valence-corrected chi connectivity index (χ3v) is 5.68. The van der Waals surface area contributed by atoms with Crippen molar-refractivity contribution in [2.75, 3.05) is 13.4 Å². The van der Waals surface area contributed by atoms with Crippen LogP contribution in [0.4, 0.5) is 0 Å². The summed E-state index contributed by atoms with van der Waals surface area (Å²) in [5, 5.41) is 0.604. The summed E-state index contributed by atoms with van der Waals surface area (Å²) in [5.41, 5.74) is 5.30. The zero-order valence-electron chi connectivity index (χ0n) is 15.4. The van der Waals surface area contributed by atoms with Crippen LogP contribution in [0.3, 0.4) is 0 Å². The van der Waals surface area contributed by atoms with E-state index in [1.54, 1.807) is 18.9 Å². The summed E-state index contributed by atoms with van der Waals surface area (Å²) in [5.74, 6) is 1.64. The van der Waals surface area contributed by atoms with E-state index in [2.05, 4.69) is 53.3 Å². The lowest BCUT2D eigenvalue weighted by molar-refractivity contribution is 0.415. The zero-order chi connectivity index (χ0) is 19.0. The molecule has 4 aromatic rings. The number of halogens is 1. The molecule has 3 nitrogen and oxygen atoms in total. The minimum atomic E-state index is 0.604. The van der Waals surface area contributed by atoms with Gasteiger partial charge in [0, 0.05) is 10.6 Å². The van der Waals surface area contributed by atoms with Gasteiger partial charge in [-0.05, 0) is 72.8 Å². The number of hydrogen-bond acceptors (Lipinski definition) is 3. The van der Waals surface area contributed by atoms with E-state index in [0.717, 1.165) is 33.7 Å². The fourth-order valence-corrected chi connectivity index (χ4v) is 3.94. The van der Waals surface area contributed by atoms with Crippen LogP contribution < -0.4 is 4.74 Å². The van der Waals surface area contributed by atoms with Crippen LogP contribution in [0, 0.1) is 6.92 Å². The molecule has 3 aromatic carbocycles. The van der Waals surface area contributed by atoms with E-state index in [-0.39, 0.29) is 0 Å². The fraction of sp³-hybridized carbons (Fsp3) is 0.136. The summed E-state index contributed by atoms with van der Waals surface area (Å²) in [6.45, 7) is 2.03. The highest BCUT2D eigenvalue weighted by Crippen LogP contribution is 2.32. The smallest absolute Gasteiger partial charge is 0.137 e. The molecule has 1 heterocycles. The van der Waals surface area contributed by atoms with Crippen LogP contribution in [0.25, 0.3) is 27.8 Å². The molecule has 0 aliphatic heterocycles. The average Bonchev–Trinajstić information content (AvgIpc) is 3.02. The van der Waals surface area contributed by atoms with Gasteiger partial charge in [0.15, 0.2) is 0 Å². The van der Waals surface area contributed by atoms with Crippen LogP contribution in [0.5, 0.6) is 5.75 Å². The Morgan fingerprint density at radius 2 is 1.67 bits per heavy atom. The average molecular weight is 395 g/mol. The van der Waals surface area contributed by atoms with Crippen LogP contribution in [-0.4, -0.2) is 22.9 Å². The van der Waals surface area contributed by atoms with Crippen molar-refractivity contribution in [1.29, 1.82) is 0 Å². The van der Waals surface area contributed by atoms with E-state index in [9.17, 15) is 0 Å². The van der Waals surface area contributed by atoms with Crippen molar-refractivity contribution in [3.05, 3.63) is 71.5 Å². The normalized spacial score (nSPS) is 11.1. The lowest BCUT2D eigenvalue weighted by Gasteiger charge is -2.10. The van der Waals surface area contributed by atoms with Crippen molar-refractivity contribution in [2.45, 2.75) is 11.8 Å². The van der Waals surface area contributed by atoms with Crippen LogP contribution in [0.15, 0.2) is 65.6 Å². The minimum absolute atomic E-state index is 0.604. The molecule has 1 aromatic heterocycles. The largest absolute Gasteiger partial charge is 0.495 e. The molecule has 0 atom stereocenters. The van der Waals surface area contributed by atoms with Crippen molar-refractivity contribution in [1.82, 2.24) is 9.55 Å². The Hall–Kier alpha value is -2.43. The van der Waals surface area contributed by atoms with E-state index in [0.29, 0.717) is 10.8 Å². The first-order chi connectivity index (χ1) is 13.1. The molecule has 0 aliphatic carbocycles. The van der Waals surface area contributed by atoms with E-state index >= 15 is 0 Å². The van der Waals surface area contributed by atoms with Gasteiger partial charge >= 0.3 is 0 Å². The Morgan fingerprint density at radius 1 is 0.963 bits per heavy atom. The second-order valence-electron chi connectivity index (χ2n) is 6.25. The molecule has 0 N–H and O–H groups in total. The van der Waals surface area contributed by atoms with Gasteiger partial charge in [0.2, 0.25) is 0 Å². The predicted molar refractivity (Wildman–Crippen MR) is 115 cm³/mol. The number of aromatic nitrogens is 2. The summed E-state index contributed by atoms with van der Waals surface area (Å²) in [4.78, 5) is 5.97. The molecular formula is C22H19ClN2OS.